The quantitative estimate of drug-likeness (QED) is 0.846. The lowest BCUT2D eigenvalue weighted by atomic mass is 9.71. The molecule has 2 N–H and O–H groups in total. The standard InChI is InChI=1S/C20H28FN3O3/c1-14(2)23-18(25)17-12-24(13-20(17)6-8-27-9-7-20)19(26)22-11-15-4-3-5-16(21)10-15/h3-5,10,14,17H,6-9,11-13H2,1-2H3,(H,22,26)(H,23,25)/t17-/m1/s1. The molecule has 27 heavy (non-hydrogen) atoms. The minimum atomic E-state index is -0.325. The van der Waals surface area contributed by atoms with E-state index in [1.54, 1.807) is 17.0 Å². The van der Waals surface area contributed by atoms with Crippen LogP contribution in [-0.4, -0.2) is 49.2 Å². The molecule has 2 fully saturated rings. The normalized spacial score (nSPS) is 21.5. The fraction of sp³-hybridized carbons (Fsp3) is 0.600. The van der Waals surface area contributed by atoms with E-state index in [2.05, 4.69) is 10.6 Å². The molecule has 0 aliphatic carbocycles. The van der Waals surface area contributed by atoms with Gasteiger partial charge >= 0.3 is 6.03 Å². The van der Waals surface area contributed by atoms with Crippen LogP contribution in [0.3, 0.4) is 0 Å². The van der Waals surface area contributed by atoms with Gasteiger partial charge in [0, 0.05) is 44.3 Å². The van der Waals surface area contributed by atoms with Crippen molar-refractivity contribution in [2.75, 3.05) is 26.3 Å². The van der Waals surface area contributed by atoms with Crippen molar-refractivity contribution in [2.24, 2.45) is 11.3 Å². The number of hydrogen-bond acceptors (Lipinski definition) is 3. The summed E-state index contributed by atoms with van der Waals surface area (Å²) >= 11 is 0. The number of urea groups is 1. The number of nitrogens with zero attached hydrogens (tertiary/aromatic N) is 1. The van der Waals surface area contributed by atoms with Crippen molar-refractivity contribution in [1.82, 2.24) is 15.5 Å². The number of nitrogens with one attached hydrogen (secondary N) is 2. The number of halogens is 1. The number of carbonyl (C=O) groups is 2. The SMILES string of the molecule is CC(C)NC(=O)[C@H]1CN(C(=O)NCc2cccc(F)c2)CC12CCOCC2. The van der Waals surface area contributed by atoms with E-state index in [9.17, 15) is 14.0 Å². The van der Waals surface area contributed by atoms with E-state index in [-0.39, 0.29) is 41.7 Å². The first-order valence-electron chi connectivity index (χ1n) is 9.55. The van der Waals surface area contributed by atoms with Crippen LogP contribution in [0.5, 0.6) is 0 Å². The third-order valence-electron chi connectivity index (χ3n) is 5.50. The van der Waals surface area contributed by atoms with E-state index in [1.807, 2.05) is 13.8 Å². The highest BCUT2D eigenvalue weighted by Gasteiger charge is 2.51. The van der Waals surface area contributed by atoms with E-state index < -0.39 is 0 Å². The zero-order valence-corrected chi connectivity index (χ0v) is 16.0. The van der Waals surface area contributed by atoms with Crippen LogP contribution in [0.1, 0.15) is 32.3 Å². The highest BCUT2D eigenvalue weighted by Crippen LogP contribution is 2.44. The van der Waals surface area contributed by atoms with Gasteiger partial charge < -0.3 is 20.3 Å². The lowest BCUT2D eigenvalue weighted by molar-refractivity contribution is -0.130. The fourth-order valence-electron chi connectivity index (χ4n) is 4.09. The van der Waals surface area contributed by atoms with Gasteiger partial charge in [0.15, 0.2) is 0 Å². The second-order valence-electron chi connectivity index (χ2n) is 7.86. The van der Waals surface area contributed by atoms with Gasteiger partial charge in [0.05, 0.1) is 5.92 Å². The third kappa shape index (κ3) is 4.58. The molecule has 0 saturated carbocycles. The summed E-state index contributed by atoms with van der Waals surface area (Å²) in [6.07, 6.45) is 1.55. The minimum Gasteiger partial charge on any atom is -0.381 e. The highest BCUT2D eigenvalue weighted by molar-refractivity contribution is 5.83. The summed E-state index contributed by atoms with van der Waals surface area (Å²) in [7, 11) is 0. The summed E-state index contributed by atoms with van der Waals surface area (Å²) in [5.41, 5.74) is 0.477. The molecule has 148 valence electrons. The Morgan fingerprint density at radius 1 is 1.33 bits per heavy atom. The Hall–Kier alpha value is -2.15. The van der Waals surface area contributed by atoms with Gasteiger partial charge in [-0.1, -0.05) is 12.1 Å². The fourth-order valence-corrected chi connectivity index (χ4v) is 4.09. The summed E-state index contributed by atoms with van der Waals surface area (Å²) < 4.78 is 18.8. The van der Waals surface area contributed by atoms with Gasteiger partial charge in [-0.25, -0.2) is 9.18 Å². The zero-order valence-electron chi connectivity index (χ0n) is 16.0. The van der Waals surface area contributed by atoms with Gasteiger partial charge in [0.2, 0.25) is 5.91 Å². The van der Waals surface area contributed by atoms with Crippen LogP contribution in [0.2, 0.25) is 0 Å². The summed E-state index contributed by atoms with van der Waals surface area (Å²) in [4.78, 5) is 27.2. The van der Waals surface area contributed by atoms with Gasteiger partial charge in [0.25, 0.3) is 0 Å². The van der Waals surface area contributed by atoms with Crippen molar-refractivity contribution in [3.05, 3.63) is 35.6 Å². The molecule has 0 radical (unpaired) electrons. The molecule has 3 amide bonds. The van der Waals surface area contributed by atoms with Crippen molar-refractivity contribution >= 4 is 11.9 Å². The molecular formula is C20H28FN3O3. The van der Waals surface area contributed by atoms with Gasteiger partial charge in [-0.3, -0.25) is 4.79 Å². The molecule has 6 nitrogen and oxygen atoms in total. The molecular weight excluding hydrogens is 349 g/mol. The molecule has 1 aromatic carbocycles. The molecule has 7 heteroatoms. The number of benzene rings is 1. The molecule has 0 unspecified atom stereocenters. The lowest BCUT2D eigenvalue weighted by Gasteiger charge is -2.37. The first-order chi connectivity index (χ1) is 12.9. The van der Waals surface area contributed by atoms with Gasteiger partial charge in [-0.15, -0.1) is 0 Å². The minimum absolute atomic E-state index is 0.00679. The van der Waals surface area contributed by atoms with Crippen molar-refractivity contribution < 1.29 is 18.7 Å². The van der Waals surface area contributed by atoms with E-state index in [4.69, 9.17) is 4.74 Å². The second-order valence-corrected chi connectivity index (χ2v) is 7.86. The Balaban J connectivity index is 1.67. The molecule has 2 aliphatic heterocycles. The van der Waals surface area contributed by atoms with Crippen LogP contribution >= 0.6 is 0 Å². The van der Waals surface area contributed by atoms with Gasteiger partial charge in [-0.05, 0) is 44.4 Å². The summed E-state index contributed by atoms with van der Waals surface area (Å²) in [5, 5.41) is 5.85. The maximum Gasteiger partial charge on any atom is 0.317 e. The average molecular weight is 377 g/mol. The maximum atomic E-state index is 13.3. The first kappa shape index (κ1) is 19.6. The number of hydrogen-bond donors (Lipinski definition) is 2. The van der Waals surface area contributed by atoms with Crippen molar-refractivity contribution in [1.29, 1.82) is 0 Å². The smallest absolute Gasteiger partial charge is 0.317 e. The monoisotopic (exact) mass is 377 g/mol. The maximum absolute atomic E-state index is 13.3. The van der Waals surface area contributed by atoms with Crippen LogP contribution in [0.25, 0.3) is 0 Å². The Labute approximate surface area is 159 Å². The van der Waals surface area contributed by atoms with Crippen LogP contribution < -0.4 is 10.6 Å². The van der Waals surface area contributed by atoms with Gasteiger partial charge in [-0.2, -0.15) is 0 Å². The number of ether oxygens (including phenoxy) is 1. The molecule has 2 aliphatic rings. The number of rotatable bonds is 4. The van der Waals surface area contributed by atoms with Crippen molar-refractivity contribution in [2.45, 2.75) is 39.3 Å². The first-order valence-corrected chi connectivity index (χ1v) is 9.55. The highest BCUT2D eigenvalue weighted by atomic mass is 19.1. The third-order valence-corrected chi connectivity index (χ3v) is 5.50. The predicted molar refractivity (Wildman–Crippen MR) is 99.5 cm³/mol. The topological polar surface area (TPSA) is 70.7 Å². The molecule has 1 aromatic rings. The van der Waals surface area contributed by atoms with Crippen LogP contribution in [0, 0.1) is 17.2 Å². The summed E-state index contributed by atoms with van der Waals surface area (Å²) in [5.74, 6) is -0.550. The Bertz CT molecular complexity index is 689. The largest absolute Gasteiger partial charge is 0.381 e. The predicted octanol–water partition coefficient (Wildman–Crippen LogP) is 2.29. The van der Waals surface area contributed by atoms with E-state index in [0.29, 0.717) is 31.9 Å². The molecule has 1 spiro atoms. The Morgan fingerprint density at radius 3 is 2.74 bits per heavy atom. The Morgan fingerprint density at radius 2 is 2.07 bits per heavy atom. The van der Waals surface area contributed by atoms with Crippen molar-refractivity contribution in [3.8, 4) is 0 Å². The molecule has 2 saturated heterocycles. The van der Waals surface area contributed by atoms with Crippen LogP contribution in [0.4, 0.5) is 9.18 Å². The molecule has 1 atom stereocenters. The molecule has 2 heterocycles. The lowest BCUT2D eigenvalue weighted by Crippen LogP contribution is -2.46. The molecule has 3 rings (SSSR count). The average Bonchev–Trinajstić information content (AvgIpc) is 2.99. The Kier molecular flexibility index (Phi) is 5.99. The van der Waals surface area contributed by atoms with E-state index in [0.717, 1.165) is 12.8 Å². The molecule has 0 aromatic heterocycles. The van der Waals surface area contributed by atoms with Crippen LogP contribution in [0.15, 0.2) is 24.3 Å². The number of likely N-dealkylation sites (tertiary alicyclic amines) is 1. The number of carbonyl (C=O) groups excluding carboxylic acids is 2. The van der Waals surface area contributed by atoms with Gasteiger partial charge in [0.1, 0.15) is 5.82 Å². The summed E-state index contributed by atoms with van der Waals surface area (Å²) in [6.45, 7) is 6.30. The molecule has 0 bridgehead atoms. The zero-order chi connectivity index (χ0) is 19.4. The number of amides is 3. The van der Waals surface area contributed by atoms with E-state index >= 15 is 0 Å². The second kappa shape index (κ2) is 8.25. The van der Waals surface area contributed by atoms with E-state index in [1.165, 1.54) is 12.1 Å². The van der Waals surface area contributed by atoms with Crippen molar-refractivity contribution in [3.63, 3.8) is 0 Å². The summed E-state index contributed by atoms with van der Waals surface area (Å²) in [6, 6.07) is 6.01. The van der Waals surface area contributed by atoms with Crippen LogP contribution in [-0.2, 0) is 16.1 Å².